The Bertz CT molecular complexity index is 586. The zero-order valence-electron chi connectivity index (χ0n) is 14.8. The lowest BCUT2D eigenvalue weighted by Gasteiger charge is -2.24. The van der Waals surface area contributed by atoms with Gasteiger partial charge in [-0.05, 0) is 51.2 Å². The summed E-state index contributed by atoms with van der Waals surface area (Å²) in [4.78, 5) is 14.2. The van der Waals surface area contributed by atoms with Crippen LogP contribution in [0.15, 0.2) is 60.4 Å². The number of aliphatic hydroxyl groups is 1. The zero-order chi connectivity index (χ0) is 17.9. The minimum atomic E-state index is -0.735. The van der Waals surface area contributed by atoms with Gasteiger partial charge in [0.2, 0.25) is 0 Å². The minimum Gasteiger partial charge on any atom is -0.426 e. The molecule has 1 N–H and O–H groups in total. The van der Waals surface area contributed by atoms with Gasteiger partial charge in [-0.15, -0.1) is 5.73 Å². The number of aliphatic hydroxyl groups excluding tert-OH is 1. The normalized spacial score (nSPS) is 14.8. The number of nitrogens with zero attached hydrogens (tertiary/aromatic N) is 1. The molecule has 0 aliphatic heterocycles. The zero-order valence-corrected chi connectivity index (χ0v) is 14.8. The predicted molar refractivity (Wildman–Crippen MR) is 96.8 cm³/mol. The van der Waals surface area contributed by atoms with Gasteiger partial charge < -0.3 is 14.7 Å². The Morgan fingerprint density at radius 1 is 1.29 bits per heavy atom. The lowest BCUT2D eigenvalue weighted by molar-refractivity contribution is -0.138. The van der Waals surface area contributed by atoms with Crippen molar-refractivity contribution >= 4 is 5.97 Å². The van der Waals surface area contributed by atoms with Crippen LogP contribution in [-0.2, 0) is 4.79 Å². The Morgan fingerprint density at radius 3 is 2.50 bits per heavy atom. The molecule has 0 saturated carbocycles. The lowest BCUT2D eigenvalue weighted by atomic mass is 10.00. The van der Waals surface area contributed by atoms with E-state index in [2.05, 4.69) is 23.6 Å². The smallest absolute Gasteiger partial charge is 0.321 e. The molecule has 0 spiro atoms. The van der Waals surface area contributed by atoms with Crippen molar-refractivity contribution in [2.75, 3.05) is 20.7 Å². The summed E-state index contributed by atoms with van der Waals surface area (Å²) in [5.74, 6) is -0.449. The van der Waals surface area contributed by atoms with E-state index < -0.39 is 11.9 Å². The third kappa shape index (κ3) is 6.55. The highest BCUT2D eigenvalue weighted by molar-refractivity contribution is 5.77. The molecule has 1 aromatic carbocycles. The number of rotatable bonds is 8. The molecule has 24 heavy (non-hydrogen) atoms. The molecule has 3 unspecified atom stereocenters. The molecule has 4 heteroatoms. The highest BCUT2D eigenvalue weighted by Crippen LogP contribution is 2.13. The van der Waals surface area contributed by atoms with Crippen LogP contribution < -0.4 is 4.74 Å². The quantitative estimate of drug-likeness (QED) is 0.345. The number of ether oxygens (including phenoxy) is 1. The molecule has 0 heterocycles. The first-order valence-electron chi connectivity index (χ1n) is 8.09. The first kappa shape index (κ1) is 19.9. The van der Waals surface area contributed by atoms with Crippen LogP contribution in [0.4, 0.5) is 0 Å². The molecule has 4 nitrogen and oxygen atoms in total. The van der Waals surface area contributed by atoms with Crippen LogP contribution in [0.5, 0.6) is 5.75 Å². The number of benzene rings is 1. The number of carbonyl (C=O) groups is 1. The van der Waals surface area contributed by atoms with Crippen molar-refractivity contribution in [3.63, 3.8) is 0 Å². The van der Waals surface area contributed by atoms with Crippen LogP contribution in [0, 0.1) is 11.8 Å². The van der Waals surface area contributed by atoms with Gasteiger partial charge in [0, 0.05) is 6.04 Å². The Balaban J connectivity index is 2.80. The van der Waals surface area contributed by atoms with Crippen LogP contribution >= 0.6 is 0 Å². The SMILES string of the molecule is C/C=C\C(C)C(C=C=CC(CO)C(=O)Oc1ccccc1)N(C)C. The van der Waals surface area contributed by atoms with E-state index in [0.717, 1.165) is 0 Å². The van der Waals surface area contributed by atoms with E-state index >= 15 is 0 Å². The molecule has 0 saturated heterocycles. The fraction of sp³-hybridized carbons (Fsp3) is 0.400. The van der Waals surface area contributed by atoms with E-state index in [0.29, 0.717) is 11.7 Å². The summed E-state index contributed by atoms with van der Waals surface area (Å²) in [6.45, 7) is 3.80. The molecule has 0 aliphatic rings. The van der Waals surface area contributed by atoms with Gasteiger partial charge in [0.25, 0.3) is 0 Å². The second-order valence-electron chi connectivity index (χ2n) is 5.86. The van der Waals surface area contributed by atoms with Crippen LogP contribution in [0.1, 0.15) is 13.8 Å². The molecule has 0 amide bonds. The van der Waals surface area contributed by atoms with Gasteiger partial charge in [0.1, 0.15) is 11.7 Å². The number of hydrogen-bond donors (Lipinski definition) is 1. The first-order chi connectivity index (χ1) is 11.5. The van der Waals surface area contributed by atoms with Gasteiger partial charge in [-0.2, -0.15) is 0 Å². The molecular formula is C20H27NO3. The summed E-state index contributed by atoms with van der Waals surface area (Å²) in [6.07, 6.45) is 7.61. The third-order valence-corrected chi connectivity index (χ3v) is 3.66. The molecule has 1 rings (SSSR count). The molecule has 0 radical (unpaired) electrons. The summed E-state index contributed by atoms with van der Waals surface area (Å²) in [5.41, 5.74) is 3.04. The number of esters is 1. The van der Waals surface area contributed by atoms with Crippen molar-refractivity contribution in [3.05, 3.63) is 60.4 Å². The highest BCUT2D eigenvalue weighted by atomic mass is 16.5. The molecule has 1 aromatic rings. The lowest BCUT2D eigenvalue weighted by Crippen LogP contribution is -2.31. The monoisotopic (exact) mass is 329 g/mol. The summed E-state index contributed by atoms with van der Waals surface area (Å²) < 4.78 is 5.25. The molecular weight excluding hydrogens is 302 g/mol. The van der Waals surface area contributed by atoms with Gasteiger partial charge >= 0.3 is 5.97 Å². The second-order valence-corrected chi connectivity index (χ2v) is 5.86. The average molecular weight is 329 g/mol. The van der Waals surface area contributed by atoms with Gasteiger partial charge in [0.05, 0.1) is 6.61 Å². The van der Waals surface area contributed by atoms with E-state index in [9.17, 15) is 9.90 Å². The van der Waals surface area contributed by atoms with E-state index in [1.54, 1.807) is 30.3 Å². The minimum absolute atomic E-state index is 0.155. The van der Waals surface area contributed by atoms with Crippen molar-refractivity contribution in [1.29, 1.82) is 0 Å². The Kier molecular flexibility index (Phi) is 8.80. The van der Waals surface area contributed by atoms with Crippen molar-refractivity contribution in [2.24, 2.45) is 11.8 Å². The van der Waals surface area contributed by atoms with Gasteiger partial charge in [-0.1, -0.05) is 37.3 Å². The molecule has 0 aromatic heterocycles. The maximum Gasteiger partial charge on any atom is 0.321 e. The van der Waals surface area contributed by atoms with Gasteiger partial charge in [-0.3, -0.25) is 4.79 Å². The van der Waals surface area contributed by atoms with Crippen molar-refractivity contribution in [2.45, 2.75) is 19.9 Å². The molecule has 3 atom stereocenters. The Morgan fingerprint density at radius 2 is 1.96 bits per heavy atom. The standard InChI is InChI=1S/C20H27NO3/c1-5-10-16(2)19(21(3)4)14-9-11-17(15-22)20(23)24-18-12-7-6-8-13-18/h5-8,10-14,16-17,19,22H,15H2,1-4H3/b10-5-. The van der Waals surface area contributed by atoms with Crippen molar-refractivity contribution < 1.29 is 14.6 Å². The largest absolute Gasteiger partial charge is 0.426 e. The van der Waals surface area contributed by atoms with Crippen LogP contribution in [0.25, 0.3) is 0 Å². The Hall–Kier alpha value is -2.13. The number of carbonyl (C=O) groups excluding carboxylic acids is 1. The highest BCUT2D eigenvalue weighted by Gasteiger charge is 2.17. The number of likely N-dealkylation sites (N-methyl/N-ethyl adjacent to an activating group) is 1. The summed E-state index contributed by atoms with van der Waals surface area (Å²) in [6, 6.07) is 8.98. The van der Waals surface area contributed by atoms with Gasteiger partial charge in [-0.25, -0.2) is 0 Å². The van der Waals surface area contributed by atoms with E-state index in [1.165, 1.54) is 0 Å². The summed E-state index contributed by atoms with van der Waals surface area (Å²) in [7, 11) is 3.99. The predicted octanol–water partition coefficient (Wildman–Crippen LogP) is 3.05. The van der Waals surface area contributed by atoms with E-state index in [4.69, 9.17) is 4.74 Å². The molecule has 0 aliphatic carbocycles. The average Bonchev–Trinajstić information content (AvgIpc) is 2.55. The fourth-order valence-corrected chi connectivity index (χ4v) is 2.33. The van der Waals surface area contributed by atoms with Crippen LogP contribution in [-0.4, -0.2) is 42.7 Å². The third-order valence-electron chi connectivity index (χ3n) is 3.66. The molecule has 0 fully saturated rings. The maximum absolute atomic E-state index is 12.1. The number of para-hydroxylation sites is 1. The summed E-state index contributed by atoms with van der Waals surface area (Å²) >= 11 is 0. The maximum atomic E-state index is 12.1. The summed E-state index contributed by atoms with van der Waals surface area (Å²) in [5, 5.41) is 9.43. The second kappa shape index (κ2) is 10.6. The number of hydrogen-bond acceptors (Lipinski definition) is 4. The van der Waals surface area contributed by atoms with Crippen molar-refractivity contribution in [3.8, 4) is 5.75 Å². The van der Waals surface area contributed by atoms with E-state index in [1.807, 2.05) is 39.2 Å². The van der Waals surface area contributed by atoms with Crippen LogP contribution in [0.2, 0.25) is 0 Å². The molecule has 0 bridgehead atoms. The molecule has 130 valence electrons. The van der Waals surface area contributed by atoms with Crippen molar-refractivity contribution in [1.82, 2.24) is 4.90 Å². The topological polar surface area (TPSA) is 49.8 Å². The number of allylic oxidation sites excluding steroid dienone is 1. The van der Waals surface area contributed by atoms with Gasteiger partial charge in [0.15, 0.2) is 0 Å². The van der Waals surface area contributed by atoms with Crippen LogP contribution in [0.3, 0.4) is 0 Å². The van der Waals surface area contributed by atoms with E-state index in [-0.39, 0.29) is 12.6 Å². The first-order valence-corrected chi connectivity index (χ1v) is 8.09. The fourth-order valence-electron chi connectivity index (χ4n) is 2.33. The Labute approximate surface area is 144 Å².